The molecular formula is C26H25N3O3S. The molecule has 6 nitrogen and oxygen atoms in total. The lowest BCUT2D eigenvalue weighted by Gasteiger charge is -2.24. The molecule has 168 valence electrons. The number of carbonyl (C=O) groups is 2. The second-order valence-corrected chi connectivity index (χ2v) is 8.08. The van der Waals surface area contributed by atoms with E-state index in [2.05, 4.69) is 5.32 Å². The van der Waals surface area contributed by atoms with Crippen LogP contribution in [-0.4, -0.2) is 41.5 Å². The smallest absolute Gasteiger partial charge is 0.256 e. The standard InChI is InChI=1S/C26H25N3O3S/c1-32-22-14-12-19(13-15-22)16-17-28-23(18-24(30)27-20-8-4-2-5-9-20)25(31)29(26(28)33)21-10-6-3-7-11-21/h2-15,23H,16-18H2,1H3,(H,27,30)/t23-/m0/s1. The summed E-state index contributed by atoms with van der Waals surface area (Å²) in [6.07, 6.45) is 0.691. The maximum absolute atomic E-state index is 13.4. The van der Waals surface area contributed by atoms with Crippen molar-refractivity contribution in [2.45, 2.75) is 18.9 Å². The molecule has 7 heteroatoms. The number of anilines is 2. The molecule has 1 aliphatic rings. The summed E-state index contributed by atoms with van der Waals surface area (Å²) in [7, 11) is 1.63. The van der Waals surface area contributed by atoms with E-state index in [0.717, 1.165) is 11.3 Å². The van der Waals surface area contributed by atoms with Gasteiger partial charge in [-0.25, -0.2) is 0 Å². The summed E-state index contributed by atoms with van der Waals surface area (Å²) in [6, 6.07) is 25.7. The Labute approximate surface area is 198 Å². The quantitative estimate of drug-likeness (QED) is 0.510. The third-order valence-corrected chi connectivity index (χ3v) is 5.99. The van der Waals surface area contributed by atoms with Crippen molar-refractivity contribution in [3.63, 3.8) is 0 Å². The molecule has 1 atom stereocenters. The van der Waals surface area contributed by atoms with Gasteiger partial charge in [0, 0.05) is 12.2 Å². The van der Waals surface area contributed by atoms with E-state index in [9.17, 15) is 9.59 Å². The number of amides is 2. The van der Waals surface area contributed by atoms with E-state index >= 15 is 0 Å². The number of carbonyl (C=O) groups excluding carboxylic acids is 2. The predicted octanol–water partition coefficient (Wildman–Crippen LogP) is 4.27. The highest BCUT2D eigenvalue weighted by Gasteiger charge is 2.43. The summed E-state index contributed by atoms with van der Waals surface area (Å²) >= 11 is 5.71. The van der Waals surface area contributed by atoms with E-state index in [4.69, 9.17) is 17.0 Å². The number of nitrogens with one attached hydrogen (secondary N) is 1. The number of hydrogen-bond donors (Lipinski definition) is 1. The molecule has 0 bridgehead atoms. The molecule has 33 heavy (non-hydrogen) atoms. The first kappa shape index (κ1) is 22.5. The molecule has 3 aromatic rings. The average Bonchev–Trinajstić information content (AvgIpc) is 3.07. The lowest BCUT2D eigenvalue weighted by molar-refractivity contribution is -0.124. The van der Waals surface area contributed by atoms with E-state index in [1.807, 2.05) is 89.8 Å². The normalized spacial score (nSPS) is 15.6. The SMILES string of the molecule is COc1ccc(CCN2C(=S)N(c3ccccc3)C(=O)[C@@H]2CC(=O)Nc2ccccc2)cc1. The molecule has 1 aliphatic heterocycles. The fourth-order valence-corrected chi connectivity index (χ4v) is 4.27. The number of methoxy groups -OCH3 is 1. The predicted molar refractivity (Wildman–Crippen MR) is 133 cm³/mol. The van der Waals surface area contributed by atoms with Crippen molar-refractivity contribution in [1.29, 1.82) is 0 Å². The maximum atomic E-state index is 13.4. The Morgan fingerprint density at radius 2 is 1.61 bits per heavy atom. The van der Waals surface area contributed by atoms with Crippen molar-refractivity contribution in [1.82, 2.24) is 4.90 Å². The number of benzene rings is 3. The van der Waals surface area contributed by atoms with Gasteiger partial charge in [0.05, 0.1) is 19.2 Å². The monoisotopic (exact) mass is 459 g/mol. The molecule has 0 saturated carbocycles. The molecule has 1 saturated heterocycles. The van der Waals surface area contributed by atoms with Crippen LogP contribution < -0.4 is 15.0 Å². The highest BCUT2D eigenvalue weighted by atomic mass is 32.1. The van der Waals surface area contributed by atoms with Crippen molar-refractivity contribution in [3.8, 4) is 5.75 Å². The second-order valence-electron chi connectivity index (χ2n) is 7.72. The highest BCUT2D eigenvalue weighted by Crippen LogP contribution is 2.27. The molecule has 0 aliphatic carbocycles. The van der Waals surface area contributed by atoms with Crippen LogP contribution in [0.4, 0.5) is 11.4 Å². The van der Waals surface area contributed by atoms with Crippen LogP contribution in [0.3, 0.4) is 0 Å². The zero-order valence-corrected chi connectivity index (χ0v) is 19.1. The van der Waals surface area contributed by atoms with Crippen LogP contribution in [0.2, 0.25) is 0 Å². The molecular weight excluding hydrogens is 434 g/mol. The van der Waals surface area contributed by atoms with E-state index in [0.29, 0.717) is 29.5 Å². The van der Waals surface area contributed by atoms with Gasteiger partial charge < -0.3 is 15.0 Å². The minimum Gasteiger partial charge on any atom is -0.497 e. The Morgan fingerprint density at radius 1 is 0.970 bits per heavy atom. The van der Waals surface area contributed by atoms with Gasteiger partial charge >= 0.3 is 0 Å². The number of para-hydroxylation sites is 2. The van der Waals surface area contributed by atoms with Crippen molar-refractivity contribution in [2.75, 3.05) is 23.9 Å². The zero-order chi connectivity index (χ0) is 23.2. The molecule has 3 aromatic carbocycles. The maximum Gasteiger partial charge on any atom is 0.256 e. The van der Waals surface area contributed by atoms with Gasteiger partial charge in [0.2, 0.25) is 5.91 Å². The third-order valence-electron chi connectivity index (χ3n) is 5.57. The van der Waals surface area contributed by atoms with Crippen LogP contribution >= 0.6 is 12.2 Å². The summed E-state index contributed by atoms with van der Waals surface area (Å²) in [4.78, 5) is 29.6. The summed E-state index contributed by atoms with van der Waals surface area (Å²) in [5, 5.41) is 3.29. The third kappa shape index (κ3) is 5.21. The first-order valence-electron chi connectivity index (χ1n) is 10.7. The van der Waals surface area contributed by atoms with Gasteiger partial charge in [0.15, 0.2) is 5.11 Å². The van der Waals surface area contributed by atoms with E-state index < -0.39 is 6.04 Å². The van der Waals surface area contributed by atoms with Gasteiger partial charge in [-0.1, -0.05) is 48.5 Å². The Morgan fingerprint density at radius 3 is 2.24 bits per heavy atom. The minimum absolute atomic E-state index is 0.0137. The summed E-state index contributed by atoms with van der Waals surface area (Å²) in [5.41, 5.74) is 2.49. The van der Waals surface area contributed by atoms with Crippen molar-refractivity contribution < 1.29 is 14.3 Å². The number of hydrogen-bond acceptors (Lipinski definition) is 4. The molecule has 4 rings (SSSR count). The largest absolute Gasteiger partial charge is 0.497 e. The Bertz CT molecular complexity index is 1120. The summed E-state index contributed by atoms with van der Waals surface area (Å²) in [6.45, 7) is 0.517. The lowest BCUT2D eigenvalue weighted by atomic mass is 10.1. The topological polar surface area (TPSA) is 61.9 Å². The molecule has 0 unspecified atom stereocenters. The number of ether oxygens (including phenoxy) is 1. The first-order chi connectivity index (χ1) is 16.1. The lowest BCUT2D eigenvalue weighted by Crippen LogP contribution is -2.39. The zero-order valence-electron chi connectivity index (χ0n) is 18.3. The molecule has 1 heterocycles. The van der Waals surface area contributed by atoms with Crippen LogP contribution in [0, 0.1) is 0 Å². The Hall–Kier alpha value is -3.71. The molecule has 0 spiro atoms. The van der Waals surface area contributed by atoms with E-state index in [1.54, 1.807) is 7.11 Å². The van der Waals surface area contributed by atoms with Crippen molar-refractivity contribution in [3.05, 3.63) is 90.5 Å². The van der Waals surface area contributed by atoms with Crippen LogP contribution in [0.5, 0.6) is 5.75 Å². The Balaban J connectivity index is 1.53. The fourth-order valence-electron chi connectivity index (χ4n) is 3.85. The minimum atomic E-state index is -0.667. The van der Waals surface area contributed by atoms with Crippen molar-refractivity contribution in [2.24, 2.45) is 0 Å². The molecule has 1 N–H and O–H groups in total. The van der Waals surface area contributed by atoms with Crippen LogP contribution in [0.15, 0.2) is 84.9 Å². The Kier molecular flexibility index (Phi) is 7.00. The summed E-state index contributed by atoms with van der Waals surface area (Å²) < 4.78 is 5.22. The fraction of sp³-hybridized carbons (Fsp3) is 0.192. The number of rotatable bonds is 8. The molecule has 0 aromatic heterocycles. The van der Waals surface area contributed by atoms with Gasteiger partial charge in [-0.2, -0.15) is 0 Å². The van der Waals surface area contributed by atoms with Crippen LogP contribution in [0.25, 0.3) is 0 Å². The summed E-state index contributed by atoms with van der Waals surface area (Å²) in [5.74, 6) is 0.368. The van der Waals surface area contributed by atoms with Gasteiger partial charge in [-0.05, 0) is 60.6 Å². The van der Waals surface area contributed by atoms with Gasteiger partial charge in [-0.15, -0.1) is 0 Å². The van der Waals surface area contributed by atoms with E-state index in [-0.39, 0.29) is 18.2 Å². The van der Waals surface area contributed by atoms with Gasteiger partial charge in [-0.3, -0.25) is 14.5 Å². The average molecular weight is 460 g/mol. The molecule has 0 radical (unpaired) electrons. The van der Waals surface area contributed by atoms with Gasteiger partial charge in [0.1, 0.15) is 11.8 Å². The molecule has 2 amide bonds. The number of thiocarbonyl (C=S) groups is 1. The first-order valence-corrected chi connectivity index (χ1v) is 11.1. The van der Waals surface area contributed by atoms with Crippen LogP contribution in [-0.2, 0) is 16.0 Å². The van der Waals surface area contributed by atoms with Crippen LogP contribution in [0.1, 0.15) is 12.0 Å². The second kappa shape index (κ2) is 10.3. The van der Waals surface area contributed by atoms with Crippen molar-refractivity contribution >= 4 is 40.5 Å². The van der Waals surface area contributed by atoms with Gasteiger partial charge in [0.25, 0.3) is 5.91 Å². The highest BCUT2D eigenvalue weighted by molar-refractivity contribution is 7.80. The van der Waals surface area contributed by atoms with E-state index in [1.165, 1.54) is 4.90 Å². The molecule has 1 fully saturated rings. The number of nitrogens with zero attached hydrogens (tertiary/aromatic N) is 2.